The average Bonchev–Trinajstić information content (AvgIpc) is 2.93. The Morgan fingerprint density at radius 1 is 1.03 bits per heavy atom. The fourth-order valence-corrected chi connectivity index (χ4v) is 5.13. The number of benzene rings is 2. The third kappa shape index (κ3) is 4.79. The zero-order valence-corrected chi connectivity index (χ0v) is 22.3. The quantitative estimate of drug-likeness (QED) is 0.235. The smallest absolute Gasteiger partial charge is 0.224 e. The number of aromatic nitrogens is 1. The number of hydrogen-bond acceptors (Lipinski definition) is 5. The number of aldehydes is 2. The van der Waals surface area contributed by atoms with Gasteiger partial charge in [-0.05, 0) is 60.4 Å². The Kier molecular flexibility index (Phi) is 7.93. The van der Waals surface area contributed by atoms with Gasteiger partial charge in [0, 0.05) is 5.56 Å². The fraction of sp³-hybridized carbons (Fsp3) is 0.194. The first kappa shape index (κ1) is 27.0. The van der Waals surface area contributed by atoms with Crippen molar-refractivity contribution in [3.63, 3.8) is 0 Å². The number of aryl methyl sites for hydroxylation is 2. The molecule has 0 saturated heterocycles. The van der Waals surface area contributed by atoms with Gasteiger partial charge in [0.25, 0.3) is 0 Å². The molecule has 0 amide bonds. The van der Waals surface area contributed by atoms with Gasteiger partial charge in [-0.25, -0.2) is 9.37 Å². The summed E-state index contributed by atoms with van der Waals surface area (Å²) in [7, 11) is 2.84. The van der Waals surface area contributed by atoms with E-state index in [1.807, 2.05) is 43.3 Å². The van der Waals surface area contributed by atoms with E-state index in [0.29, 0.717) is 35.0 Å². The summed E-state index contributed by atoms with van der Waals surface area (Å²) < 4.78 is 26.8. The third-order valence-corrected chi connectivity index (χ3v) is 7.38. The molecule has 38 heavy (non-hydrogen) atoms. The Balaban J connectivity index is 1.97. The molecule has 7 heteroatoms. The molecule has 1 aromatic heterocycles. The minimum Gasteiger partial charge on any atom is -0.496 e. The predicted molar refractivity (Wildman–Crippen MR) is 148 cm³/mol. The number of alkyl halides is 1. The number of methoxy groups -OCH3 is 2. The molecule has 0 saturated carbocycles. The molecular formula is C31H27ClFNO4. The Morgan fingerprint density at radius 3 is 2.45 bits per heavy atom. The normalized spacial score (nSPS) is 19.1. The minimum absolute atomic E-state index is 0.129. The van der Waals surface area contributed by atoms with Crippen LogP contribution in [-0.4, -0.2) is 37.2 Å². The van der Waals surface area contributed by atoms with Crippen molar-refractivity contribution in [2.45, 2.75) is 24.6 Å². The molecule has 0 bridgehead atoms. The lowest BCUT2D eigenvalue weighted by Gasteiger charge is -2.36. The lowest BCUT2D eigenvalue weighted by atomic mass is 9.72. The van der Waals surface area contributed by atoms with Crippen LogP contribution in [0.4, 0.5) is 4.39 Å². The van der Waals surface area contributed by atoms with Crippen molar-refractivity contribution < 1.29 is 23.5 Å². The van der Waals surface area contributed by atoms with Crippen molar-refractivity contribution in [3.05, 3.63) is 112 Å². The van der Waals surface area contributed by atoms with Gasteiger partial charge in [-0.3, -0.25) is 9.59 Å². The molecule has 0 N–H and O–H groups in total. The number of allylic oxidation sites excluding steroid dienone is 5. The maximum Gasteiger partial charge on any atom is 0.224 e. The third-order valence-electron chi connectivity index (χ3n) is 6.78. The van der Waals surface area contributed by atoms with Gasteiger partial charge in [0.15, 0.2) is 12.6 Å². The summed E-state index contributed by atoms with van der Waals surface area (Å²) >= 11 is 7.25. The Morgan fingerprint density at radius 2 is 1.79 bits per heavy atom. The average molecular weight is 532 g/mol. The molecule has 1 heterocycles. The number of pyridine rings is 1. The number of ether oxygens (including phenoxy) is 2. The van der Waals surface area contributed by atoms with Crippen molar-refractivity contribution in [2.24, 2.45) is 0 Å². The molecule has 1 aliphatic carbocycles. The van der Waals surface area contributed by atoms with Gasteiger partial charge in [0.2, 0.25) is 5.88 Å². The fourth-order valence-electron chi connectivity index (χ4n) is 4.70. The Labute approximate surface area is 226 Å². The zero-order valence-electron chi connectivity index (χ0n) is 21.5. The van der Waals surface area contributed by atoms with Crippen LogP contribution in [0.2, 0.25) is 0 Å². The molecule has 2 aromatic carbocycles. The topological polar surface area (TPSA) is 65.5 Å². The van der Waals surface area contributed by atoms with E-state index in [-0.39, 0.29) is 17.2 Å². The summed E-state index contributed by atoms with van der Waals surface area (Å²) in [6, 6.07) is 14.0. The zero-order chi connectivity index (χ0) is 27.4. The largest absolute Gasteiger partial charge is 0.496 e. The molecule has 2 atom stereocenters. The van der Waals surface area contributed by atoms with Crippen LogP contribution >= 0.6 is 11.6 Å². The van der Waals surface area contributed by atoms with E-state index in [0.717, 1.165) is 16.7 Å². The van der Waals surface area contributed by atoms with Crippen molar-refractivity contribution >= 4 is 35.6 Å². The Bertz CT molecular complexity index is 1490. The van der Waals surface area contributed by atoms with Gasteiger partial charge in [-0.2, -0.15) is 0 Å². The molecule has 0 spiro atoms. The van der Waals surface area contributed by atoms with Crippen molar-refractivity contribution in [2.75, 3.05) is 14.2 Å². The first-order chi connectivity index (χ1) is 18.3. The summed E-state index contributed by atoms with van der Waals surface area (Å²) in [6.07, 6.45) is 8.29. The molecule has 3 aromatic rings. The number of carbonyl (C=O) groups is 2. The standard InChI is InChI=1S/C31H27ClFNO4/c1-19-8-5-6-9-23(19)24-10-7-13-31(29(24)32,28-14-20(2)25(18-36)30(34-28)38-4)16-26(33)21-11-12-22(17-35)27(15-21)37-3/h5-18,29H,1-4H3/b26-16-. The molecule has 0 radical (unpaired) electrons. The number of nitrogens with zero attached hydrogens (tertiary/aromatic N) is 1. The maximum absolute atomic E-state index is 16.1. The molecular weight excluding hydrogens is 505 g/mol. The first-order valence-corrected chi connectivity index (χ1v) is 12.4. The number of rotatable bonds is 8. The molecule has 4 rings (SSSR count). The van der Waals surface area contributed by atoms with Gasteiger partial charge >= 0.3 is 0 Å². The van der Waals surface area contributed by atoms with Crippen LogP contribution in [0.25, 0.3) is 11.4 Å². The number of halogens is 2. The molecule has 1 aliphatic rings. The van der Waals surface area contributed by atoms with Gasteiger partial charge < -0.3 is 9.47 Å². The van der Waals surface area contributed by atoms with E-state index in [9.17, 15) is 9.59 Å². The second kappa shape index (κ2) is 11.2. The van der Waals surface area contributed by atoms with Gasteiger partial charge in [0.05, 0.1) is 41.8 Å². The van der Waals surface area contributed by atoms with E-state index >= 15 is 4.39 Å². The highest BCUT2D eigenvalue weighted by Gasteiger charge is 2.42. The van der Waals surface area contributed by atoms with Gasteiger partial charge in [0.1, 0.15) is 11.6 Å². The molecule has 0 aliphatic heterocycles. The first-order valence-electron chi connectivity index (χ1n) is 11.9. The van der Waals surface area contributed by atoms with E-state index in [1.165, 1.54) is 38.5 Å². The monoisotopic (exact) mass is 531 g/mol. The van der Waals surface area contributed by atoms with Crippen LogP contribution < -0.4 is 9.47 Å². The molecule has 5 nitrogen and oxygen atoms in total. The maximum atomic E-state index is 16.1. The van der Waals surface area contributed by atoms with E-state index in [1.54, 1.807) is 19.1 Å². The van der Waals surface area contributed by atoms with Crippen LogP contribution in [0.3, 0.4) is 0 Å². The lowest BCUT2D eigenvalue weighted by molar-refractivity contribution is 0.111. The van der Waals surface area contributed by atoms with E-state index in [2.05, 4.69) is 4.98 Å². The van der Waals surface area contributed by atoms with Crippen molar-refractivity contribution in [3.8, 4) is 11.6 Å². The van der Waals surface area contributed by atoms with E-state index in [4.69, 9.17) is 21.1 Å². The molecule has 0 fully saturated rings. The molecule has 194 valence electrons. The molecule has 2 unspecified atom stereocenters. The highest BCUT2D eigenvalue weighted by atomic mass is 35.5. The van der Waals surface area contributed by atoms with Crippen LogP contribution in [0.1, 0.15) is 48.7 Å². The summed E-state index contributed by atoms with van der Waals surface area (Å²) in [5, 5.41) is -0.769. The van der Waals surface area contributed by atoms with Crippen molar-refractivity contribution in [1.29, 1.82) is 0 Å². The second-order valence-corrected chi connectivity index (χ2v) is 9.46. The minimum atomic E-state index is -1.26. The van der Waals surface area contributed by atoms with E-state index < -0.39 is 16.6 Å². The summed E-state index contributed by atoms with van der Waals surface area (Å²) in [4.78, 5) is 27.7. The summed E-state index contributed by atoms with van der Waals surface area (Å²) in [5.41, 5.74) is 3.36. The number of hydrogen-bond donors (Lipinski definition) is 0. The predicted octanol–water partition coefficient (Wildman–Crippen LogP) is 6.85. The van der Waals surface area contributed by atoms with Crippen LogP contribution in [0, 0.1) is 13.8 Å². The highest BCUT2D eigenvalue weighted by Crippen LogP contribution is 2.46. The van der Waals surface area contributed by atoms with Gasteiger partial charge in [-0.1, -0.05) is 48.6 Å². The van der Waals surface area contributed by atoms with Crippen LogP contribution in [-0.2, 0) is 5.41 Å². The van der Waals surface area contributed by atoms with Crippen LogP contribution in [0.5, 0.6) is 11.6 Å². The van der Waals surface area contributed by atoms with Gasteiger partial charge in [-0.15, -0.1) is 11.6 Å². The summed E-state index contributed by atoms with van der Waals surface area (Å²) in [5.74, 6) is -0.201. The SMILES string of the molecule is COc1cc(/C(F)=C/C2(c3cc(C)c(C=O)c(OC)n3)C=CC=C(c3ccccc3C)C2Cl)ccc1C=O. The van der Waals surface area contributed by atoms with Crippen molar-refractivity contribution in [1.82, 2.24) is 4.98 Å². The second-order valence-electron chi connectivity index (χ2n) is 9.02. The summed E-state index contributed by atoms with van der Waals surface area (Å²) in [6.45, 7) is 3.75. The number of carbonyl (C=O) groups excluding carboxylic acids is 2. The van der Waals surface area contributed by atoms with Crippen LogP contribution in [0.15, 0.2) is 72.8 Å². The Hall–Kier alpha value is -4.03. The highest BCUT2D eigenvalue weighted by molar-refractivity contribution is 6.28. The lowest BCUT2D eigenvalue weighted by Crippen LogP contribution is -2.36.